The molecule has 0 fully saturated rings. The van der Waals surface area contributed by atoms with Gasteiger partial charge in [0.05, 0.1) is 12.7 Å². The predicted octanol–water partition coefficient (Wildman–Crippen LogP) is 2.30. The minimum Gasteiger partial charge on any atom is -0.392 e. The van der Waals surface area contributed by atoms with Gasteiger partial charge >= 0.3 is 0 Å². The third-order valence-corrected chi connectivity index (χ3v) is 3.19. The monoisotopic (exact) mass is 250 g/mol. The van der Waals surface area contributed by atoms with Crippen molar-refractivity contribution in [3.8, 4) is 0 Å². The van der Waals surface area contributed by atoms with Crippen molar-refractivity contribution in [1.29, 1.82) is 0 Å². The van der Waals surface area contributed by atoms with Gasteiger partial charge in [0.1, 0.15) is 0 Å². The molecule has 100 valence electrons. The zero-order valence-electron chi connectivity index (χ0n) is 11.4. The van der Waals surface area contributed by atoms with Crippen LogP contribution in [0.5, 0.6) is 0 Å². The van der Waals surface area contributed by atoms with Gasteiger partial charge in [-0.15, -0.1) is 0 Å². The van der Waals surface area contributed by atoms with E-state index < -0.39 is 6.10 Å². The highest BCUT2D eigenvalue weighted by Crippen LogP contribution is 2.20. The molecule has 1 rings (SSSR count). The maximum Gasteiger partial charge on any atom is 0.163 e. The number of aliphatic hydroxyl groups excluding tert-OH is 2. The van der Waals surface area contributed by atoms with E-state index in [1.54, 1.807) is 13.0 Å². The van der Waals surface area contributed by atoms with Gasteiger partial charge in [-0.2, -0.15) is 0 Å². The third-order valence-electron chi connectivity index (χ3n) is 3.19. The van der Waals surface area contributed by atoms with Crippen LogP contribution in [0.1, 0.15) is 40.0 Å². The van der Waals surface area contributed by atoms with E-state index in [1.807, 2.05) is 19.9 Å². The van der Waals surface area contributed by atoms with Crippen LogP contribution in [0, 0.1) is 0 Å². The number of carbonyl (C=O) groups excluding carboxylic acids is 1. The van der Waals surface area contributed by atoms with Crippen molar-refractivity contribution >= 4 is 5.78 Å². The molecule has 0 saturated carbocycles. The van der Waals surface area contributed by atoms with Crippen LogP contribution in [0.2, 0.25) is 0 Å². The molecule has 0 spiro atoms. The zero-order valence-corrected chi connectivity index (χ0v) is 11.4. The fourth-order valence-electron chi connectivity index (χ4n) is 2.12. The molecule has 0 aliphatic heterocycles. The quantitative estimate of drug-likeness (QED) is 0.554. The van der Waals surface area contributed by atoms with Gasteiger partial charge in [0.2, 0.25) is 0 Å². The van der Waals surface area contributed by atoms with E-state index in [1.165, 1.54) is 0 Å². The van der Waals surface area contributed by atoms with Gasteiger partial charge in [-0.25, -0.2) is 0 Å². The number of hydrogen-bond donors (Lipinski definition) is 2. The second-order valence-electron chi connectivity index (χ2n) is 5.06. The second kappa shape index (κ2) is 6.66. The van der Waals surface area contributed by atoms with E-state index >= 15 is 0 Å². The number of carbonyl (C=O) groups is 1. The van der Waals surface area contributed by atoms with E-state index in [0.717, 1.165) is 16.7 Å². The average Bonchev–Trinajstić information content (AvgIpc) is 2.27. The van der Waals surface area contributed by atoms with Crippen molar-refractivity contribution in [3.63, 3.8) is 0 Å². The van der Waals surface area contributed by atoms with Crippen molar-refractivity contribution in [2.45, 2.75) is 46.1 Å². The van der Waals surface area contributed by atoms with Gasteiger partial charge in [-0.3, -0.25) is 4.79 Å². The van der Waals surface area contributed by atoms with Crippen LogP contribution in [0.15, 0.2) is 34.4 Å². The Morgan fingerprint density at radius 1 is 1.39 bits per heavy atom. The molecule has 1 atom stereocenters. The lowest BCUT2D eigenvalue weighted by Crippen LogP contribution is -2.11. The molecular formula is C15H22O3. The summed E-state index contributed by atoms with van der Waals surface area (Å²) in [6, 6.07) is 0. The molecule has 0 saturated heterocycles. The van der Waals surface area contributed by atoms with E-state index in [-0.39, 0.29) is 12.4 Å². The molecule has 0 aromatic carbocycles. The lowest BCUT2D eigenvalue weighted by molar-refractivity contribution is -0.115. The van der Waals surface area contributed by atoms with Gasteiger partial charge in [-0.05, 0) is 39.2 Å². The molecular weight excluding hydrogens is 228 g/mol. The van der Waals surface area contributed by atoms with Crippen LogP contribution < -0.4 is 0 Å². The topological polar surface area (TPSA) is 57.5 Å². The SMILES string of the molecule is C/C1=C\[C@@H](O)C/C(C)=C/C/C(=C(/C)CO)C(=O)C1. The lowest BCUT2D eigenvalue weighted by atomic mass is 9.93. The van der Waals surface area contributed by atoms with Crippen molar-refractivity contribution < 1.29 is 15.0 Å². The van der Waals surface area contributed by atoms with E-state index in [2.05, 4.69) is 0 Å². The minimum atomic E-state index is -0.515. The van der Waals surface area contributed by atoms with Crippen LogP contribution in [-0.4, -0.2) is 28.7 Å². The molecule has 0 heterocycles. The van der Waals surface area contributed by atoms with Crippen LogP contribution in [-0.2, 0) is 4.79 Å². The summed E-state index contributed by atoms with van der Waals surface area (Å²) in [5.74, 6) is 0.0356. The van der Waals surface area contributed by atoms with Gasteiger partial charge in [0, 0.05) is 12.0 Å². The smallest absolute Gasteiger partial charge is 0.163 e. The summed E-state index contributed by atoms with van der Waals surface area (Å²) < 4.78 is 0. The summed E-state index contributed by atoms with van der Waals surface area (Å²) in [5.41, 5.74) is 3.37. The number of aliphatic hydroxyl groups is 2. The Balaban J connectivity index is 3.09. The Bertz CT molecular complexity index is 413. The first-order valence-electron chi connectivity index (χ1n) is 6.27. The summed E-state index contributed by atoms with van der Waals surface area (Å²) in [7, 11) is 0. The molecule has 0 aromatic heterocycles. The standard InChI is InChI=1S/C15H22O3/c1-10-4-5-14(12(3)9-16)15(18)8-11(2)7-13(17)6-10/h4,7,13,16-17H,5-6,8-9H2,1-3H3/b10-4+,11-7+,14-12+/t13-/m0/s1. The first-order chi connectivity index (χ1) is 8.43. The Hall–Kier alpha value is -1.19. The van der Waals surface area contributed by atoms with Crippen molar-refractivity contribution in [1.82, 2.24) is 0 Å². The Labute approximate surface area is 109 Å². The van der Waals surface area contributed by atoms with Gasteiger partial charge in [-0.1, -0.05) is 23.3 Å². The molecule has 1 aliphatic rings. The number of rotatable bonds is 1. The molecule has 0 amide bonds. The van der Waals surface area contributed by atoms with Crippen LogP contribution >= 0.6 is 0 Å². The fourth-order valence-corrected chi connectivity index (χ4v) is 2.12. The molecule has 0 unspecified atom stereocenters. The number of allylic oxidation sites excluding steroid dienone is 3. The summed E-state index contributed by atoms with van der Waals surface area (Å²) >= 11 is 0. The molecule has 18 heavy (non-hydrogen) atoms. The minimum absolute atomic E-state index is 0.0356. The summed E-state index contributed by atoms with van der Waals surface area (Å²) in [4.78, 5) is 12.1. The zero-order chi connectivity index (χ0) is 13.7. The Morgan fingerprint density at radius 3 is 2.67 bits per heavy atom. The first kappa shape index (κ1) is 14.9. The predicted molar refractivity (Wildman–Crippen MR) is 72.2 cm³/mol. The summed E-state index contributed by atoms with van der Waals surface area (Å²) in [6.07, 6.45) is 4.64. The second-order valence-corrected chi connectivity index (χ2v) is 5.06. The highest BCUT2D eigenvalue weighted by molar-refractivity contribution is 5.97. The van der Waals surface area contributed by atoms with E-state index in [4.69, 9.17) is 0 Å². The highest BCUT2D eigenvalue weighted by atomic mass is 16.3. The Morgan fingerprint density at radius 2 is 2.06 bits per heavy atom. The van der Waals surface area contributed by atoms with Crippen LogP contribution in [0.25, 0.3) is 0 Å². The third kappa shape index (κ3) is 4.24. The maximum absolute atomic E-state index is 12.1. The normalized spacial score (nSPS) is 31.2. The average molecular weight is 250 g/mol. The maximum atomic E-state index is 12.1. The lowest BCUT2D eigenvalue weighted by Gasteiger charge is -2.14. The molecule has 3 heteroatoms. The van der Waals surface area contributed by atoms with E-state index in [9.17, 15) is 15.0 Å². The van der Waals surface area contributed by atoms with Gasteiger partial charge in [0.25, 0.3) is 0 Å². The van der Waals surface area contributed by atoms with Crippen molar-refractivity contribution in [3.05, 3.63) is 34.4 Å². The summed E-state index contributed by atoms with van der Waals surface area (Å²) in [6.45, 7) is 5.51. The molecule has 3 nitrogen and oxygen atoms in total. The fraction of sp³-hybridized carbons (Fsp3) is 0.533. The largest absolute Gasteiger partial charge is 0.392 e. The van der Waals surface area contributed by atoms with Crippen molar-refractivity contribution in [2.24, 2.45) is 0 Å². The van der Waals surface area contributed by atoms with Crippen LogP contribution in [0.4, 0.5) is 0 Å². The van der Waals surface area contributed by atoms with E-state index in [0.29, 0.717) is 24.8 Å². The molecule has 1 aliphatic carbocycles. The van der Waals surface area contributed by atoms with Gasteiger partial charge < -0.3 is 10.2 Å². The summed E-state index contributed by atoms with van der Waals surface area (Å²) in [5, 5.41) is 19.0. The Kier molecular flexibility index (Phi) is 5.51. The molecule has 0 radical (unpaired) electrons. The number of hydrogen-bond acceptors (Lipinski definition) is 3. The van der Waals surface area contributed by atoms with Gasteiger partial charge in [0.15, 0.2) is 5.78 Å². The van der Waals surface area contributed by atoms with Crippen LogP contribution in [0.3, 0.4) is 0 Å². The molecule has 0 aromatic rings. The number of Topliss-reactive ketones (excluding diaryl/α,β-unsaturated/α-hetero) is 1. The van der Waals surface area contributed by atoms with Crippen molar-refractivity contribution in [2.75, 3.05) is 6.61 Å². The number of ketones is 1. The highest BCUT2D eigenvalue weighted by Gasteiger charge is 2.15. The molecule has 0 bridgehead atoms. The first-order valence-corrected chi connectivity index (χ1v) is 6.27. The molecule has 2 N–H and O–H groups in total.